The molecule has 0 fully saturated rings. The molecule has 0 aliphatic carbocycles. The summed E-state index contributed by atoms with van der Waals surface area (Å²) in [5.74, 6) is -1.21. The van der Waals surface area contributed by atoms with Gasteiger partial charge in [-0.1, -0.05) is 18.2 Å². The van der Waals surface area contributed by atoms with E-state index in [0.717, 1.165) is 13.1 Å². The highest BCUT2D eigenvalue weighted by Gasteiger charge is 2.30. The van der Waals surface area contributed by atoms with Gasteiger partial charge in [0.1, 0.15) is 0 Å². The van der Waals surface area contributed by atoms with Crippen molar-refractivity contribution < 1.29 is 19.9 Å². The predicted molar refractivity (Wildman–Crippen MR) is 98.1 cm³/mol. The number of benzene rings is 2. The first-order valence-corrected chi connectivity index (χ1v) is 7.83. The van der Waals surface area contributed by atoms with Gasteiger partial charge in [-0.3, -0.25) is 30.3 Å². The maximum absolute atomic E-state index is 10.4. The molecule has 0 heterocycles. The van der Waals surface area contributed by atoms with Gasteiger partial charge in [0.05, 0.1) is 26.9 Å². The second-order valence-electron chi connectivity index (χ2n) is 5.11. The largest absolute Gasteiger partial charge is 0.497 e. The molecular formula is C16H18N4O7. The van der Waals surface area contributed by atoms with Crippen LogP contribution in [0.4, 0.5) is 22.7 Å². The predicted octanol–water partition coefficient (Wildman–Crippen LogP) is 3.65. The lowest BCUT2D eigenvalue weighted by atomic mass is 10.2. The molecule has 0 radical (unpaired) electrons. The molecular weight excluding hydrogens is 360 g/mol. The zero-order chi connectivity index (χ0) is 20.6. The van der Waals surface area contributed by atoms with Crippen molar-refractivity contribution in [1.82, 2.24) is 0 Å². The van der Waals surface area contributed by atoms with Crippen molar-refractivity contribution >= 4 is 22.7 Å². The summed E-state index contributed by atoms with van der Waals surface area (Å²) in [4.78, 5) is 30.1. The van der Waals surface area contributed by atoms with Gasteiger partial charge < -0.3 is 10.0 Å². The first-order chi connectivity index (χ1) is 12.7. The van der Waals surface area contributed by atoms with Crippen LogP contribution in [0.2, 0.25) is 0 Å². The molecule has 0 spiro atoms. The average molecular weight is 378 g/mol. The summed E-state index contributed by atoms with van der Waals surface area (Å²) in [7, 11) is 0. The lowest BCUT2D eigenvalue weighted by Crippen LogP contribution is -2.21. The Balaban J connectivity index is 0.000000289. The fraction of sp³-hybridized carbons (Fsp3) is 0.250. The number of aromatic hydroxyl groups is 1. The van der Waals surface area contributed by atoms with E-state index >= 15 is 0 Å². The number of nitro groups is 3. The Morgan fingerprint density at radius 3 is 1.63 bits per heavy atom. The monoisotopic (exact) mass is 378 g/mol. The second-order valence-corrected chi connectivity index (χ2v) is 5.11. The van der Waals surface area contributed by atoms with Gasteiger partial charge in [0.2, 0.25) is 0 Å². The van der Waals surface area contributed by atoms with Crippen molar-refractivity contribution in [2.24, 2.45) is 0 Å². The van der Waals surface area contributed by atoms with Crippen molar-refractivity contribution in [3.05, 3.63) is 72.8 Å². The maximum Gasteiger partial charge on any atom is 0.324 e. The molecule has 144 valence electrons. The second kappa shape index (κ2) is 9.65. The number of rotatable bonds is 6. The van der Waals surface area contributed by atoms with Crippen molar-refractivity contribution in [3.8, 4) is 5.75 Å². The summed E-state index contributed by atoms with van der Waals surface area (Å²) < 4.78 is 0. The van der Waals surface area contributed by atoms with Crippen LogP contribution in [0, 0.1) is 30.3 Å². The number of para-hydroxylation sites is 1. The van der Waals surface area contributed by atoms with Crippen LogP contribution in [-0.4, -0.2) is 33.0 Å². The minimum absolute atomic E-state index is 0.447. The Labute approximate surface area is 153 Å². The standard InChI is InChI=1S/C10H15N.C6H3N3O7/c1-3-11(4-2)10-8-6-5-7-9-10;10-6-4(8(13)14)1-3(7(11)12)2-5(6)9(15)16/h5-9H,3-4H2,1-2H3;1-2,10H. The number of phenols is 1. The Morgan fingerprint density at radius 1 is 0.852 bits per heavy atom. The van der Waals surface area contributed by atoms with Crippen LogP contribution in [0.1, 0.15) is 13.8 Å². The number of hydrogen-bond donors (Lipinski definition) is 1. The Kier molecular flexibility index (Phi) is 7.61. The molecule has 0 aromatic heterocycles. The quantitative estimate of drug-likeness (QED) is 0.590. The molecule has 0 aliphatic heterocycles. The molecule has 0 amide bonds. The third-order valence-corrected chi connectivity index (χ3v) is 3.54. The fourth-order valence-electron chi connectivity index (χ4n) is 2.20. The number of non-ortho nitro benzene ring substituents is 1. The van der Waals surface area contributed by atoms with Crippen LogP contribution in [0.15, 0.2) is 42.5 Å². The van der Waals surface area contributed by atoms with E-state index in [2.05, 4.69) is 43.0 Å². The number of nitro benzene ring substituents is 3. The van der Waals surface area contributed by atoms with E-state index in [9.17, 15) is 30.3 Å². The molecule has 11 heteroatoms. The van der Waals surface area contributed by atoms with E-state index < -0.39 is 37.6 Å². The van der Waals surface area contributed by atoms with Crippen LogP contribution >= 0.6 is 0 Å². The Hall–Kier alpha value is -3.76. The van der Waals surface area contributed by atoms with Crippen LogP contribution in [0.5, 0.6) is 5.75 Å². The fourth-order valence-corrected chi connectivity index (χ4v) is 2.20. The van der Waals surface area contributed by atoms with Crippen LogP contribution in [0.3, 0.4) is 0 Å². The van der Waals surface area contributed by atoms with E-state index in [1.54, 1.807) is 0 Å². The summed E-state index contributed by atoms with van der Waals surface area (Å²) in [5.41, 5.74) is -1.68. The van der Waals surface area contributed by atoms with Gasteiger partial charge in [-0.15, -0.1) is 0 Å². The third kappa shape index (κ3) is 5.63. The highest BCUT2D eigenvalue weighted by molar-refractivity contribution is 5.64. The molecule has 0 unspecified atom stereocenters. The van der Waals surface area contributed by atoms with E-state index in [4.69, 9.17) is 5.11 Å². The van der Waals surface area contributed by atoms with Crippen molar-refractivity contribution in [1.29, 1.82) is 0 Å². The van der Waals surface area contributed by atoms with E-state index in [1.807, 2.05) is 6.07 Å². The average Bonchev–Trinajstić information content (AvgIpc) is 2.63. The topological polar surface area (TPSA) is 153 Å². The molecule has 11 nitrogen and oxygen atoms in total. The van der Waals surface area contributed by atoms with Crippen molar-refractivity contribution in [3.63, 3.8) is 0 Å². The lowest BCUT2D eigenvalue weighted by molar-refractivity contribution is -0.404. The molecule has 2 rings (SSSR count). The minimum atomic E-state index is -1.21. The molecule has 0 saturated carbocycles. The van der Waals surface area contributed by atoms with Gasteiger partial charge >= 0.3 is 11.4 Å². The highest BCUT2D eigenvalue weighted by Crippen LogP contribution is 2.38. The van der Waals surface area contributed by atoms with E-state index in [-0.39, 0.29) is 0 Å². The zero-order valence-electron chi connectivity index (χ0n) is 14.6. The molecule has 2 aromatic carbocycles. The van der Waals surface area contributed by atoms with E-state index in [1.165, 1.54) is 5.69 Å². The van der Waals surface area contributed by atoms with Crippen molar-refractivity contribution in [2.75, 3.05) is 18.0 Å². The highest BCUT2D eigenvalue weighted by atomic mass is 16.6. The number of anilines is 1. The first-order valence-electron chi connectivity index (χ1n) is 7.83. The minimum Gasteiger partial charge on any atom is -0.497 e. The molecule has 2 aromatic rings. The van der Waals surface area contributed by atoms with Gasteiger partial charge in [0, 0.05) is 18.8 Å². The zero-order valence-corrected chi connectivity index (χ0v) is 14.6. The number of hydrogen-bond acceptors (Lipinski definition) is 8. The van der Waals surface area contributed by atoms with Crippen molar-refractivity contribution in [2.45, 2.75) is 13.8 Å². The summed E-state index contributed by atoms with van der Waals surface area (Å²) in [6.07, 6.45) is 0. The molecule has 27 heavy (non-hydrogen) atoms. The van der Waals surface area contributed by atoms with Gasteiger partial charge in [0.15, 0.2) is 0 Å². The van der Waals surface area contributed by atoms with E-state index in [0.29, 0.717) is 12.1 Å². The summed E-state index contributed by atoms with van der Waals surface area (Å²) in [6, 6.07) is 11.4. The van der Waals surface area contributed by atoms with Crippen LogP contribution < -0.4 is 4.90 Å². The van der Waals surface area contributed by atoms with Gasteiger partial charge in [0.25, 0.3) is 11.4 Å². The molecule has 0 bridgehead atoms. The molecule has 0 atom stereocenters. The third-order valence-electron chi connectivity index (χ3n) is 3.54. The summed E-state index contributed by atoms with van der Waals surface area (Å²) in [5, 5.41) is 40.2. The van der Waals surface area contributed by atoms with Gasteiger partial charge in [-0.2, -0.15) is 0 Å². The Morgan fingerprint density at radius 2 is 1.30 bits per heavy atom. The number of nitrogens with zero attached hydrogens (tertiary/aromatic N) is 4. The molecule has 0 saturated heterocycles. The summed E-state index contributed by atoms with van der Waals surface area (Å²) in [6.45, 7) is 6.52. The molecule has 1 N–H and O–H groups in total. The van der Waals surface area contributed by atoms with Gasteiger partial charge in [-0.05, 0) is 26.0 Å². The van der Waals surface area contributed by atoms with Gasteiger partial charge in [-0.25, -0.2) is 0 Å². The normalized spacial score (nSPS) is 9.70. The number of phenolic OH excluding ortho intramolecular Hbond substituents is 1. The lowest BCUT2D eigenvalue weighted by Gasteiger charge is -2.20. The first kappa shape index (κ1) is 21.3. The SMILES string of the molecule is CCN(CC)c1ccccc1.O=[N+]([O-])c1cc([N+](=O)[O-])c(O)c([N+](=O)[O-])c1. The Bertz CT molecular complexity index is 788. The smallest absolute Gasteiger partial charge is 0.324 e. The van der Waals surface area contributed by atoms with Crippen LogP contribution in [0.25, 0.3) is 0 Å². The maximum atomic E-state index is 10.4. The summed E-state index contributed by atoms with van der Waals surface area (Å²) >= 11 is 0. The van der Waals surface area contributed by atoms with Crippen LogP contribution in [-0.2, 0) is 0 Å². The molecule has 0 aliphatic rings.